The van der Waals surface area contributed by atoms with E-state index in [2.05, 4.69) is 19.2 Å². The lowest BCUT2D eigenvalue weighted by Crippen LogP contribution is -2.16. The van der Waals surface area contributed by atoms with Gasteiger partial charge in [0.15, 0.2) is 0 Å². The van der Waals surface area contributed by atoms with Gasteiger partial charge in [0.1, 0.15) is 11.3 Å². The molecular weight excluding hydrogens is 242 g/mol. The van der Waals surface area contributed by atoms with Gasteiger partial charge in [-0.2, -0.15) is 0 Å². The summed E-state index contributed by atoms with van der Waals surface area (Å²) >= 11 is 0. The number of carboxylic acids is 1. The maximum atomic E-state index is 10.9. The van der Waals surface area contributed by atoms with Crippen molar-refractivity contribution in [1.82, 2.24) is 5.32 Å². The third kappa shape index (κ3) is 6.43. The van der Waals surface area contributed by atoms with Crippen LogP contribution in [0.4, 0.5) is 0 Å². The average molecular weight is 267 g/mol. The van der Waals surface area contributed by atoms with E-state index in [9.17, 15) is 4.79 Å². The van der Waals surface area contributed by atoms with Crippen LogP contribution in [0.2, 0.25) is 0 Å². The third-order valence-corrected chi connectivity index (χ3v) is 3.15. The zero-order valence-electron chi connectivity index (χ0n) is 11.9. The predicted octanol–water partition coefficient (Wildman–Crippen LogP) is 3.67. The average Bonchev–Trinajstić information content (AvgIpc) is 2.80. The molecule has 1 heterocycles. The van der Waals surface area contributed by atoms with Gasteiger partial charge in [-0.15, -0.1) is 0 Å². The summed E-state index contributed by atoms with van der Waals surface area (Å²) in [4.78, 5) is 10.9. The first-order chi connectivity index (χ1) is 9.11. The fourth-order valence-electron chi connectivity index (χ4n) is 2.03. The molecule has 4 nitrogen and oxygen atoms in total. The monoisotopic (exact) mass is 267 g/mol. The van der Waals surface area contributed by atoms with Crippen LogP contribution in [0.1, 0.15) is 62.1 Å². The molecule has 0 radical (unpaired) electrons. The fraction of sp³-hybridized carbons (Fsp3) is 0.667. The lowest BCUT2D eigenvalue weighted by Gasteiger charge is -2.05. The lowest BCUT2D eigenvalue weighted by molar-refractivity contribution is 0.0694. The summed E-state index contributed by atoms with van der Waals surface area (Å²) in [5, 5.41) is 12.1. The van der Waals surface area contributed by atoms with E-state index >= 15 is 0 Å². The molecule has 108 valence electrons. The molecule has 1 rings (SSSR count). The first kappa shape index (κ1) is 15.8. The van der Waals surface area contributed by atoms with E-state index in [0.717, 1.165) is 18.9 Å². The Hall–Kier alpha value is -1.29. The van der Waals surface area contributed by atoms with Crippen LogP contribution >= 0.6 is 0 Å². The Kier molecular flexibility index (Phi) is 7.26. The van der Waals surface area contributed by atoms with Gasteiger partial charge in [0.05, 0.1) is 12.8 Å². The Morgan fingerprint density at radius 1 is 1.32 bits per heavy atom. The third-order valence-electron chi connectivity index (χ3n) is 3.15. The van der Waals surface area contributed by atoms with Crippen molar-refractivity contribution >= 4 is 5.97 Å². The quantitative estimate of drug-likeness (QED) is 0.635. The number of carbonyl (C=O) groups is 1. The van der Waals surface area contributed by atoms with E-state index in [1.54, 1.807) is 0 Å². The summed E-state index contributed by atoms with van der Waals surface area (Å²) in [5.41, 5.74) is 0.254. The van der Waals surface area contributed by atoms with Crippen LogP contribution in [-0.4, -0.2) is 17.6 Å². The summed E-state index contributed by atoms with van der Waals surface area (Å²) in [6.45, 7) is 5.90. The number of aromatic carboxylic acids is 1. The van der Waals surface area contributed by atoms with Gasteiger partial charge >= 0.3 is 5.97 Å². The number of hydrogen-bond donors (Lipinski definition) is 2. The second-order valence-electron chi connectivity index (χ2n) is 5.34. The fourth-order valence-corrected chi connectivity index (χ4v) is 2.03. The van der Waals surface area contributed by atoms with Crippen molar-refractivity contribution in [1.29, 1.82) is 0 Å². The number of nitrogens with one attached hydrogen (secondary N) is 1. The van der Waals surface area contributed by atoms with Gasteiger partial charge in [-0.05, 0) is 24.9 Å². The van der Waals surface area contributed by atoms with Crippen molar-refractivity contribution in [3.05, 3.63) is 23.7 Å². The molecule has 19 heavy (non-hydrogen) atoms. The van der Waals surface area contributed by atoms with Crippen molar-refractivity contribution in [3.63, 3.8) is 0 Å². The highest BCUT2D eigenvalue weighted by Gasteiger charge is 2.12. The van der Waals surface area contributed by atoms with Crippen LogP contribution < -0.4 is 5.32 Å². The highest BCUT2D eigenvalue weighted by Crippen LogP contribution is 2.11. The Balaban J connectivity index is 2.05. The molecule has 0 aliphatic rings. The Bertz CT molecular complexity index is 371. The van der Waals surface area contributed by atoms with Gasteiger partial charge in [0, 0.05) is 0 Å². The first-order valence-corrected chi connectivity index (χ1v) is 7.11. The molecule has 0 unspecified atom stereocenters. The van der Waals surface area contributed by atoms with E-state index in [4.69, 9.17) is 9.52 Å². The standard InChI is InChI=1S/C15H25NO3/c1-12(2)7-5-3-4-6-9-16-11-14-13(15(17)18)8-10-19-14/h8,10,12,16H,3-7,9,11H2,1-2H3,(H,17,18). The van der Waals surface area contributed by atoms with Gasteiger partial charge in [-0.25, -0.2) is 4.79 Å². The topological polar surface area (TPSA) is 62.5 Å². The highest BCUT2D eigenvalue weighted by atomic mass is 16.4. The molecule has 0 aromatic carbocycles. The van der Waals surface area contributed by atoms with E-state index in [1.807, 2.05) is 0 Å². The molecule has 0 atom stereocenters. The van der Waals surface area contributed by atoms with E-state index in [1.165, 1.54) is 38.0 Å². The zero-order valence-corrected chi connectivity index (χ0v) is 11.9. The normalized spacial score (nSPS) is 11.1. The van der Waals surface area contributed by atoms with Gasteiger partial charge < -0.3 is 14.8 Å². The highest BCUT2D eigenvalue weighted by molar-refractivity contribution is 5.88. The number of carboxylic acid groups (broad SMARTS) is 1. The minimum absolute atomic E-state index is 0.254. The van der Waals surface area contributed by atoms with Gasteiger partial charge in [0.2, 0.25) is 0 Å². The Morgan fingerprint density at radius 2 is 2.05 bits per heavy atom. The molecule has 1 aromatic heterocycles. The predicted molar refractivity (Wildman–Crippen MR) is 75.3 cm³/mol. The minimum Gasteiger partial charge on any atom is -0.478 e. The van der Waals surface area contributed by atoms with E-state index < -0.39 is 5.97 Å². The van der Waals surface area contributed by atoms with Crippen molar-refractivity contribution < 1.29 is 14.3 Å². The smallest absolute Gasteiger partial charge is 0.339 e. The summed E-state index contributed by atoms with van der Waals surface area (Å²) in [6.07, 6.45) is 7.67. The molecule has 0 saturated heterocycles. The van der Waals surface area contributed by atoms with Crippen LogP contribution in [0.25, 0.3) is 0 Å². The van der Waals surface area contributed by atoms with Crippen molar-refractivity contribution in [2.24, 2.45) is 5.92 Å². The molecule has 2 N–H and O–H groups in total. The summed E-state index contributed by atoms with van der Waals surface area (Å²) in [6, 6.07) is 1.49. The van der Waals surface area contributed by atoms with Crippen LogP contribution in [-0.2, 0) is 6.54 Å². The molecule has 0 aliphatic carbocycles. The van der Waals surface area contributed by atoms with Crippen molar-refractivity contribution in [3.8, 4) is 0 Å². The number of unbranched alkanes of at least 4 members (excludes halogenated alkanes) is 3. The molecule has 0 aliphatic heterocycles. The van der Waals surface area contributed by atoms with Crippen LogP contribution in [0, 0.1) is 5.92 Å². The van der Waals surface area contributed by atoms with Crippen LogP contribution in [0.3, 0.4) is 0 Å². The number of furan rings is 1. The minimum atomic E-state index is -0.931. The van der Waals surface area contributed by atoms with Crippen molar-refractivity contribution in [2.75, 3.05) is 6.54 Å². The van der Waals surface area contributed by atoms with Gasteiger partial charge in [-0.1, -0.05) is 39.5 Å². The molecule has 0 bridgehead atoms. The van der Waals surface area contributed by atoms with Gasteiger partial charge in [0.25, 0.3) is 0 Å². The van der Waals surface area contributed by atoms with Gasteiger partial charge in [-0.3, -0.25) is 0 Å². The number of hydrogen-bond acceptors (Lipinski definition) is 3. The second kappa shape index (κ2) is 8.75. The molecular formula is C15H25NO3. The largest absolute Gasteiger partial charge is 0.478 e. The Morgan fingerprint density at radius 3 is 2.74 bits per heavy atom. The SMILES string of the molecule is CC(C)CCCCCCNCc1occc1C(=O)O. The van der Waals surface area contributed by atoms with Crippen molar-refractivity contribution in [2.45, 2.75) is 52.5 Å². The molecule has 1 aromatic rings. The lowest BCUT2D eigenvalue weighted by atomic mass is 10.0. The van der Waals surface area contributed by atoms with E-state index in [-0.39, 0.29) is 5.56 Å². The zero-order chi connectivity index (χ0) is 14.1. The molecule has 0 fully saturated rings. The summed E-state index contributed by atoms with van der Waals surface area (Å²) in [7, 11) is 0. The molecule has 4 heteroatoms. The maximum Gasteiger partial charge on any atom is 0.339 e. The maximum absolute atomic E-state index is 10.9. The summed E-state index contributed by atoms with van der Waals surface area (Å²) in [5.74, 6) is 0.373. The first-order valence-electron chi connectivity index (χ1n) is 7.11. The molecule has 0 amide bonds. The summed E-state index contributed by atoms with van der Waals surface area (Å²) < 4.78 is 5.15. The molecule has 0 saturated carbocycles. The van der Waals surface area contributed by atoms with Crippen LogP contribution in [0.15, 0.2) is 16.7 Å². The van der Waals surface area contributed by atoms with Crippen LogP contribution in [0.5, 0.6) is 0 Å². The second-order valence-corrected chi connectivity index (χ2v) is 5.34. The molecule has 0 spiro atoms. The van der Waals surface area contributed by atoms with E-state index in [0.29, 0.717) is 12.3 Å². The Labute approximate surface area is 115 Å². The number of rotatable bonds is 10.